The van der Waals surface area contributed by atoms with E-state index in [4.69, 9.17) is 0 Å². The summed E-state index contributed by atoms with van der Waals surface area (Å²) in [6.07, 6.45) is 0. The second kappa shape index (κ2) is 9.49. The van der Waals surface area contributed by atoms with Gasteiger partial charge in [-0.25, -0.2) is 0 Å². The summed E-state index contributed by atoms with van der Waals surface area (Å²) in [7, 11) is 0. The first-order valence-corrected chi connectivity index (χ1v) is 17.4. The van der Waals surface area contributed by atoms with Gasteiger partial charge >= 0.3 is 0 Å². The van der Waals surface area contributed by atoms with E-state index in [1.165, 1.54) is 110 Å². The van der Waals surface area contributed by atoms with E-state index in [9.17, 15) is 0 Å². The molecule has 9 aromatic carbocycles. The molecule has 2 heteroatoms. The van der Waals surface area contributed by atoms with Crippen LogP contribution in [-0.2, 0) is 0 Å². The van der Waals surface area contributed by atoms with Crippen LogP contribution in [0.5, 0.6) is 0 Å². The summed E-state index contributed by atoms with van der Waals surface area (Å²) < 4.78 is 4.97. The predicted octanol–water partition coefficient (Wildman–Crippen LogP) is 13.0. The van der Waals surface area contributed by atoms with Crippen molar-refractivity contribution in [3.05, 3.63) is 170 Å². The Morgan fingerprint density at radius 1 is 0.260 bits per heavy atom. The molecule has 0 N–H and O–H groups in total. The molecule has 0 amide bonds. The Labute approximate surface area is 287 Å². The van der Waals surface area contributed by atoms with Gasteiger partial charge in [0.25, 0.3) is 0 Å². The van der Waals surface area contributed by atoms with Gasteiger partial charge in [-0.15, -0.1) is 0 Å². The Kier molecular flexibility index (Phi) is 5.00. The first-order valence-electron chi connectivity index (χ1n) is 17.4. The Balaban J connectivity index is 1.31. The van der Waals surface area contributed by atoms with Crippen LogP contribution in [0.15, 0.2) is 170 Å². The van der Waals surface area contributed by atoms with E-state index in [1.54, 1.807) is 0 Å². The van der Waals surface area contributed by atoms with Crippen LogP contribution < -0.4 is 0 Å². The van der Waals surface area contributed by atoms with E-state index in [0.717, 1.165) is 0 Å². The van der Waals surface area contributed by atoms with Gasteiger partial charge in [0.1, 0.15) is 0 Å². The number of aromatic nitrogens is 2. The molecule has 0 radical (unpaired) electrons. The van der Waals surface area contributed by atoms with Crippen molar-refractivity contribution in [3.8, 4) is 33.6 Å². The zero-order chi connectivity index (χ0) is 32.5. The van der Waals surface area contributed by atoms with Gasteiger partial charge in [-0.2, -0.15) is 0 Å². The lowest BCUT2D eigenvalue weighted by atomic mass is 9.94. The molecule has 11 aromatic rings. The third kappa shape index (κ3) is 3.23. The highest BCUT2D eigenvalue weighted by Crippen LogP contribution is 2.53. The third-order valence-electron chi connectivity index (χ3n) is 11.2. The Morgan fingerprint density at radius 3 is 1.68 bits per heavy atom. The summed E-state index contributed by atoms with van der Waals surface area (Å²) in [4.78, 5) is 0. The second-order valence-corrected chi connectivity index (χ2v) is 13.6. The molecule has 2 aromatic heterocycles. The van der Waals surface area contributed by atoms with Gasteiger partial charge in [-0.1, -0.05) is 127 Å². The molecule has 0 aliphatic heterocycles. The lowest BCUT2D eigenvalue weighted by Gasteiger charge is -2.13. The van der Waals surface area contributed by atoms with Gasteiger partial charge in [0.15, 0.2) is 0 Å². The van der Waals surface area contributed by atoms with E-state index in [1.807, 2.05) is 0 Å². The van der Waals surface area contributed by atoms with Crippen molar-refractivity contribution in [2.45, 2.75) is 0 Å². The first-order chi connectivity index (χ1) is 24.8. The van der Waals surface area contributed by atoms with E-state index in [2.05, 4.69) is 179 Å². The zero-order valence-electron chi connectivity index (χ0n) is 27.1. The molecule has 0 fully saturated rings. The molecular formula is C48H28N2. The molecule has 0 atom stereocenters. The summed E-state index contributed by atoms with van der Waals surface area (Å²) in [5.74, 6) is 0. The predicted molar refractivity (Wildman–Crippen MR) is 212 cm³/mol. The number of fused-ring (bicyclic) bond motifs is 15. The normalized spacial score (nSPS) is 12.4. The fourth-order valence-electron chi connectivity index (χ4n) is 9.25. The average Bonchev–Trinajstić information content (AvgIpc) is 3.82. The molecule has 12 rings (SSSR count). The van der Waals surface area contributed by atoms with Gasteiger partial charge in [0.2, 0.25) is 0 Å². The maximum atomic E-state index is 2.57. The maximum absolute atomic E-state index is 2.57. The standard InChI is InChI=1S/C48H28N2/c1-2-13-29(14-3-1)49-42-24-11-10-19-35(42)40-27-30(25-26-43(40)49)50-44-28-41-34-18-5-4-16-32(34)36-22-12-23-39(45(36)41)46(44)47-37-20-8-6-15-31(37)33-17-7-9-21-38(33)48(47)50/h1-28H. The lowest BCUT2D eigenvalue weighted by Crippen LogP contribution is -1.96. The van der Waals surface area contributed by atoms with Crippen molar-refractivity contribution in [3.63, 3.8) is 0 Å². The molecule has 0 saturated heterocycles. The van der Waals surface area contributed by atoms with Crippen molar-refractivity contribution in [1.82, 2.24) is 9.13 Å². The van der Waals surface area contributed by atoms with Crippen molar-refractivity contribution >= 4 is 75.9 Å². The number of hydrogen-bond donors (Lipinski definition) is 0. The van der Waals surface area contributed by atoms with Gasteiger partial charge in [0, 0.05) is 38.3 Å². The summed E-state index contributed by atoms with van der Waals surface area (Å²) in [6.45, 7) is 0. The van der Waals surface area contributed by atoms with E-state index in [0.29, 0.717) is 0 Å². The van der Waals surface area contributed by atoms with Gasteiger partial charge in [0.05, 0.1) is 22.1 Å². The third-order valence-corrected chi connectivity index (χ3v) is 11.2. The van der Waals surface area contributed by atoms with E-state index >= 15 is 0 Å². The number of hydrogen-bond acceptors (Lipinski definition) is 0. The molecule has 0 spiro atoms. The number of nitrogens with zero attached hydrogens (tertiary/aromatic N) is 2. The monoisotopic (exact) mass is 632 g/mol. The highest BCUT2D eigenvalue weighted by molar-refractivity contribution is 6.38. The molecular weight excluding hydrogens is 605 g/mol. The van der Waals surface area contributed by atoms with Crippen LogP contribution in [0.3, 0.4) is 0 Å². The molecule has 2 nitrogen and oxygen atoms in total. The largest absolute Gasteiger partial charge is 0.309 e. The molecule has 0 unspecified atom stereocenters. The molecule has 0 bridgehead atoms. The fraction of sp³-hybridized carbons (Fsp3) is 0. The SMILES string of the molecule is c1ccc(-n2c3ccccc3c3cc(-n4c5cc6c7c(cccc7c5c5c7ccccc7c7ccccc7c54)-c4ccccc4-6)ccc32)cc1. The molecule has 230 valence electrons. The first kappa shape index (κ1) is 26.3. The number of rotatable bonds is 2. The summed E-state index contributed by atoms with van der Waals surface area (Å²) in [5, 5.41) is 13.0. The molecule has 2 heterocycles. The van der Waals surface area contributed by atoms with Crippen LogP contribution in [0, 0.1) is 0 Å². The highest BCUT2D eigenvalue weighted by Gasteiger charge is 2.27. The van der Waals surface area contributed by atoms with Crippen LogP contribution in [0.2, 0.25) is 0 Å². The molecule has 0 saturated carbocycles. The van der Waals surface area contributed by atoms with Crippen LogP contribution >= 0.6 is 0 Å². The minimum absolute atomic E-state index is 1.17. The Morgan fingerprint density at radius 2 is 0.860 bits per heavy atom. The van der Waals surface area contributed by atoms with Crippen LogP contribution in [0.4, 0.5) is 0 Å². The minimum atomic E-state index is 1.17. The quantitative estimate of drug-likeness (QED) is 0.168. The minimum Gasteiger partial charge on any atom is -0.309 e. The number of benzene rings is 9. The molecule has 1 aliphatic carbocycles. The van der Waals surface area contributed by atoms with Crippen molar-refractivity contribution in [2.75, 3.05) is 0 Å². The topological polar surface area (TPSA) is 9.86 Å². The van der Waals surface area contributed by atoms with E-state index < -0.39 is 0 Å². The Hall–Kier alpha value is -6.64. The Bertz CT molecular complexity index is 3250. The second-order valence-electron chi connectivity index (χ2n) is 13.6. The van der Waals surface area contributed by atoms with Gasteiger partial charge in [-0.3, -0.25) is 0 Å². The van der Waals surface area contributed by atoms with Crippen LogP contribution in [0.25, 0.3) is 110 Å². The van der Waals surface area contributed by atoms with Crippen LogP contribution in [-0.4, -0.2) is 9.13 Å². The van der Waals surface area contributed by atoms with E-state index in [-0.39, 0.29) is 0 Å². The summed E-state index contributed by atoms with van der Waals surface area (Å²) in [6, 6.07) is 62.9. The van der Waals surface area contributed by atoms with Gasteiger partial charge in [-0.05, 0) is 91.6 Å². The fourth-order valence-corrected chi connectivity index (χ4v) is 9.25. The smallest absolute Gasteiger partial charge is 0.0626 e. The molecule has 1 aliphatic rings. The van der Waals surface area contributed by atoms with Gasteiger partial charge < -0.3 is 9.13 Å². The van der Waals surface area contributed by atoms with Crippen LogP contribution in [0.1, 0.15) is 0 Å². The average molecular weight is 633 g/mol. The lowest BCUT2D eigenvalue weighted by molar-refractivity contribution is 1.17. The maximum Gasteiger partial charge on any atom is 0.0626 e. The highest BCUT2D eigenvalue weighted by atomic mass is 15.0. The zero-order valence-corrected chi connectivity index (χ0v) is 27.1. The molecule has 50 heavy (non-hydrogen) atoms. The number of para-hydroxylation sites is 2. The summed E-state index contributed by atoms with van der Waals surface area (Å²) in [5.41, 5.74) is 12.5. The van der Waals surface area contributed by atoms with Crippen molar-refractivity contribution in [2.24, 2.45) is 0 Å². The summed E-state index contributed by atoms with van der Waals surface area (Å²) >= 11 is 0. The van der Waals surface area contributed by atoms with Crippen molar-refractivity contribution < 1.29 is 0 Å². The van der Waals surface area contributed by atoms with Crippen molar-refractivity contribution in [1.29, 1.82) is 0 Å².